The molecule has 1 amide bonds. The van der Waals surface area contributed by atoms with E-state index in [4.69, 9.17) is 0 Å². The van der Waals surface area contributed by atoms with Crippen molar-refractivity contribution in [1.29, 1.82) is 0 Å². The van der Waals surface area contributed by atoms with Crippen molar-refractivity contribution in [2.75, 3.05) is 13.7 Å². The summed E-state index contributed by atoms with van der Waals surface area (Å²) >= 11 is 1.07. The second kappa shape index (κ2) is 5.26. The fourth-order valence-electron chi connectivity index (χ4n) is 0.850. The second-order valence-corrected chi connectivity index (χ2v) is 3.69. The zero-order chi connectivity index (χ0) is 11.3. The minimum Gasteiger partial charge on any atom is -0.468 e. The number of esters is 1. The molecule has 15 heavy (non-hydrogen) atoms. The van der Waals surface area contributed by atoms with Crippen LogP contribution in [0.4, 0.5) is 0 Å². The highest BCUT2D eigenvalue weighted by Crippen LogP contribution is 2.13. The molecule has 1 heterocycles. The number of thiophene rings is 1. The van der Waals surface area contributed by atoms with E-state index in [0.29, 0.717) is 16.0 Å². The Morgan fingerprint density at radius 1 is 1.53 bits per heavy atom. The van der Waals surface area contributed by atoms with Gasteiger partial charge in [0.05, 0.1) is 16.9 Å². The summed E-state index contributed by atoms with van der Waals surface area (Å²) < 4.78 is 4.36. The summed E-state index contributed by atoms with van der Waals surface area (Å²) in [4.78, 5) is 33.3. The van der Waals surface area contributed by atoms with Crippen LogP contribution < -0.4 is 5.32 Å². The molecule has 0 aliphatic heterocycles. The topological polar surface area (TPSA) is 72.5 Å². The van der Waals surface area contributed by atoms with Gasteiger partial charge in [-0.3, -0.25) is 14.4 Å². The molecule has 1 aromatic rings. The van der Waals surface area contributed by atoms with Crippen LogP contribution in [-0.4, -0.2) is 31.8 Å². The van der Waals surface area contributed by atoms with Crippen molar-refractivity contribution >= 4 is 29.5 Å². The summed E-state index contributed by atoms with van der Waals surface area (Å²) in [5.41, 5.74) is 0. The third-order valence-corrected chi connectivity index (χ3v) is 2.60. The summed E-state index contributed by atoms with van der Waals surface area (Å²) in [5, 5.41) is 2.37. The van der Waals surface area contributed by atoms with E-state index in [9.17, 15) is 14.4 Å². The number of rotatable bonds is 4. The summed E-state index contributed by atoms with van der Waals surface area (Å²) in [7, 11) is 1.24. The van der Waals surface area contributed by atoms with Crippen LogP contribution in [0.5, 0.6) is 0 Å². The lowest BCUT2D eigenvalue weighted by molar-refractivity contribution is -0.139. The van der Waals surface area contributed by atoms with Gasteiger partial charge >= 0.3 is 5.97 Å². The fraction of sp³-hybridized carbons (Fsp3) is 0.222. The average molecular weight is 227 g/mol. The van der Waals surface area contributed by atoms with Crippen molar-refractivity contribution in [3.8, 4) is 0 Å². The van der Waals surface area contributed by atoms with Crippen molar-refractivity contribution in [2.45, 2.75) is 0 Å². The Morgan fingerprint density at radius 3 is 2.80 bits per heavy atom. The van der Waals surface area contributed by atoms with Gasteiger partial charge in [0.2, 0.25) is 0 Å². The number of nitrogens with one attached hydrogen (secondary N) is 1. The zero-order valence-corrected chi connectivity index (χ0v) is 8.80. The quantitative estimate of drug-likeness (QED) is 0.599. The number of hydrogen-bond acceptors (Lipinski definition) is 5. The molecule has 1 N–H and O–H groups in total. The van der Waals surface area contributed by atoms with Crippen LogP contribution in [0.15, 0.2) is 12.1 Å². The maximum absolute atomic E-state index is 11.4. The van der Waals surface area contributed by atoms with Crippen molar-refractivity contribution in [3.05, 3.63) is 21.9 Å². The Labute approximate surface area is 90.0 Å². The SMILES string of the molecule is COC(=O)CNC(=O)c1ccc(C=O)s1. The Morgan fingerprint density at radius 2 is 2.27 bits per heavy atom. The molecule has 80 valence electrons. The summed E-state index contributed by atoms with van der Waals surface area (Å²) in [6.07, 6.45) is 0.668. The van der Waals surface area contributed by atoms with Crippen molar-refractivity contribution in [1.82, 2.24) is 5.32 Å². The van der Waals surface area contributed by atoms with E-state index in [1.165, 1.54) is 13.2 Å². The predicted octanol–water partition coefficient (Wildman–Crippen LogP) is 0.463. The van der Waals surface area contributed by atoms with Gasteiger partial charge in [0.25, 0.3) is 5.91 Å². The summed E-state index contributed by atoms with van der Waals surface area (Å²) in [6.45, 7) is -0.177. The van der Waals surface area contributed by atoms with Crippen LogP contribution in [0.1, 0.15) is 19.3 Å². The molecular formula is C9H9NO4S. The van der Waals surface area contributed by atoms with Crippen LogP contribution >= 0.6 is 11.3 Å². The van der Waals surface area contributed by atoms with Crippen molar-refractivity contribution < 1.29 is 19.1 Å². The summed E-state index contributed by atoms with van der Waals surface area (Å²) in [5.74, 6) is -0.908. The third-order valence-electron chi connectivity index (χ3n) is 1.59. The van der Waals surface area contributed by atoms with Crippen LogP contribution in [0, 0.1) is 0 Å². The van der Waals surface area contributed by atoms with E-state index in [0.717, 1.165) is 11.3 Å². The summed E-state index contributed by atoms with van der Waals surface area (Å²) in [6, 6.07) is 3.08. The van der Waals surface area contributed by atoms with Crippen LogP contribution in [0.25, 0.3) is 0 Å². The third kappa shape index (κ3) is 3.17. The molecule has 5 nitrogen and oxygen atoms in total. The van der Waals surface area contributed by atoms with Crippen LogP contribution in [0.3, 0.4) is 0 Å². The minimum absolute atomic E-state index is 0.177. The molecule has 0 aliphatic carbocycles. The molecule has 0 aromatic carbocycles. The normalized spacial score (nSPS) is 9.40. The van der Waals surface area contributed by atoms with Gasteiger partial charge < -0.3 is 10.1 Å². The first-order valence-electron chi connectivity index (χ1n) is 4.07. The first kappa shape index (κ1) is 11.4. The Hall–Kier alpha value is -1.69. The molecule has 6 heteroatoms. The molecule has 1 rings (SSSR count). The minimum atomic E-state index is -0.518. The first-order valence-corrected chi connectivity index (χ1v) is 4.89. The number of hydrogen-bond donors (Lipinski definition) is 1. The highest BCUT2D eigenvalue weighted by molar-refractivity contribution is 7.15. The molecule has 0 saturated heterocycles. The molecule has 0 saturated carbocycles. The maximum atomic E-state index is 11.4. The molecule has 0 atom stereocenters. The Balaban J connectivity index is 2.53. The molecule has 0 fully saturated rings. The van der Waals surface area contributed by atoms with Gasteiger partial charge in [-0.1, -0.05) is 0 Å². The van der Waals surface area contributed by atoms with E-state index < -0.39 is 11.9 Å². The van der Waals surface area contributed by atoms with Gasteiger partial charge in [-0.25, -0.2) is 0 Å². The van der Waals surface area contributed by atoms with Gasteiger partial charge in [-0.2, -0.15) is 0 Å². The standard InChI is InChI=1S/C9H9NO4S/c1-14-8(12)4-10-9(13)7-3-2-6(5-11)15-7/h2-3,5H,4H2,1H3,(H,10,13). The molecule has 0 unspecified atom stereocenters. The van der Waals surface area contributed by atoms with E-state index >= 15 is 0 Å². The van der Waals surface area contributed by atoms with Crippen molar-refractivity contribution in [3.63, 3.8) is 0 Å². The largest absolute Gasteiger partial charge is 0.468 e. The molecule has 1 aromatic heterocycles. The van der Waals surface area contributed by atoms with Crippen LogP contribution in [-0.2, 0) is 9.53 Å². The lowest BCUT2D eigenvalue weighted by Gasteiger charge is -2.00. The Bertz CT molecular complexity index is 385. The fourth-order valence-corrected chi connectivity index (χ4v) is 1.59. The highest BCUT2D eigenvalue weighted by atomic mass is 32.1. The maximum Gasteiger partial charge on any atom is 0.325 e. The molecular weight excluding hydrogens is 218 g/mol. The first-order chi connectivity index (χ1) is 7.17. The van der Waals surface area contributed by atoms with Gasteiger partial charge in [-0.15, -0.1) is 11.3 Å². The number of ether oxygens (including phenoxy) is 1. The van der Waals surface area contributed by atoms with Gasteiger partial charge in [0, 0.05) is 0 Å². The second-order valence-electron chi connectivity index (χ2n) is 2.58. The van der Waals surface area contributed by atoms with Gasteiger partial charge in [-0.05, 0) is 12.1 Å². The Kier molecular flexibility index (Phi) is 3.99. The van der Waals surface area contributed by atoms with E-state index in [-0.39, 0.29) is 6.54 Å². The number of carbonyl (C=O) groups is 3. The monoisotopic (exact) mass is 227 g/mol. The lowest BCUT2D eigenvalue weighted by Crippen LogP contribution is -2.29. The smallest absolute Gasteiger partial charge is 0.325 e. The van der Waals surface area contributed by atoms with E-state index in [1.807, 2.05) is 0 Å². The number of methoxy groups -OCH3 is 1. The van der Waals surface area contributed by atoms with E-state index in [1.54, 1.807) is 6.07 Å². The number of amides is 1. The molecule has 0 spiro atoms. The van der Waals surface area contributed by atoms with Crippen molar-refractivity contribution in [2.24, 2.45) is 0 Å². The zero-order valence-electron chi connectivity index (χ0n) is 7.98. The van der Waals surface area contributed by atoms with Crippen LogP contribution in [0.2, 0.25) is 0 Å². The van der Waals surface area contributed by atoms with Gasteiger partial charge in [0.1, 0.15) is 6.54 Å². The molecule has 0 aliphatic rings. The van der Waals surface area contributed by atoms with Gasteiger partial charge in [0.15, 0.2) is 6.29 Å². The molecule has 0 bridgehead atoms. The highest BCUT2D eigenvalue weighted by Gasteiger charge is 2.10. The lowest BCUT2D eigenvalue weighted by atomic mass is 10.4. The molecule has 0 radical (unpaired) electrons. The number of carbonyl (C=O) groups excluding carboxylic acids is 3. The van der Waals surface area contributed by atoms with E-state index in [2.05, 4.69) is 10.1 Å². The predicted molar refractivity (Wildman–Crippen MR) is 54.1 cm³/mol. The number of aldehydes is 1. The average Bonchev–Trinajstić information content (AvgIpc) is 2.73.